The van der Waals surface area contributed by atoms with Crippen LogP contribution in [0, 0.1) is 5.82 Å². The van der Waals surface area contributed by atoms with Gasteiger partial charge in [-0.25, -0.2) is 17.9 Å². The molecule has 1 heterocycles. The molecular weight excluding hydrogens is 509 g/mol. The number of ether oxygens (including phenoxy) is 1. The number of anilines is 2. The van der Waals surface area contributed by atoms with Crippen LogP contribution in [0.4, 0.5) is 15.8 Å². The summed E-state index contributed by atoms with van der Waals surface area (Å²) in [6.07, 6.45) is 0.994. The first-order valence-corrected chi connectivity index (χ1v) is 13.0. The number of rotatable bonds is 8. The van der Waals surface area contributed by atoms with Crippen LogP contribution in [0.25, 0.3) is 0 Å². The lowest BCUT2D eigenvalue weighted by Gasteiger charge is -2.18. The molecule has 1 fully saturated rings. The average molecular weight is 532 g/mol. The Morgan fingerprint density at radius 1 is 1.11 bits per heavy atom. The minimum atomic E-state index is -4.16. The molecule has 0 bridgehead atoms. The molecule has 2 amide bonds. The van der Waals surface area contributed by atoms with Crippen LogP contribution >= 0.6 is 11.6 Å². The predicted molar refractivity (Wildman–Crippen MR) is 134 cm³/mol. The molecule has 0 unspecified atom stereocenters. The van der Waals surface area contributed by atoms with Gasteiger partial charge in [0.05, 0.1) is 17.0 Å². The number of sulfonamides is 1. The second-order valence-corrected chi connectivity index (χ2v) is 10.2. The predicted octanol–water partition coefficient (Wildman–Crippen LogP) is 4.01. The van der Waals surface area contributed by atoms with Crippen LogP contribution in [0.3, 0.4) is 0 Å². The number of hydrogen-bond acceptors (Lipinski definition) is 5. The van der Waals surface area contributed by atoms with E-state index in [9.17, 15) is 22.4 Å². The van der Waals surface area contributed by atoms with Crippen molar-refractivity contribution < 1.29 is 27.1 Å². The lowest BCUT2D eigenvalue weighted by Crippen LogP contribution is -2.24. The first kappa shape index (κ1) is 25.6. The Hall–Kier alpha value is -3.47. The minimum absolute atomic E-state index is 0.00165. The molecule has 0 radical (unpaired) electrons. The summed E-state index contributed by atoms with van der Waals surface area (Å²) in [6.45, 7) is 0.219. The number of benzene rings is 3. The largest absolute Gasteiger partial charge is 0.489 e. The maximum absolute atomic E-state index is 14.3. The Bertz CT molecular complexity index is 1430. The third-order valence-electron chi connectivity index (χ3n) is 5.64. The summed E-state index contributed by atoms with van der Waals surface area (Å²) < 4.78 is 44.5. The number of nitrogens with one attached hydrogen (secondary N) is 1. The number of carbonyl (C=O) groups excluding carboxylic acids is 2. The van der Waals surface area contributed by atoms with E-state index in [0.29, 0.717) is 30.0 Å². The van der Waals surface area contributed by atoms with Gasteiger partial charge in [0.25, 0.3) is 0 Å². The zero-order valence-electron chi connectivity index (χ0n) is 19.0. The molecule has 8 nitrogen and oxygen atoms in total. The number of carbonyl (C=O) groups is 2. The van der Waals surface area contributed by atoms with Crippen molar-refractivity contribution in [1.82, 2.24) is 0 Å². The highest BCUT2D eigenvalue weighted by atomic mass is 35.5. The van der Waals surface area contributed by atoms with Crippen molar-refractivity contribution in [2.75, 3.05) is 16.8 Å². The fourth-order valence-electron chi connectivity index (χ4n) is 3.89. The number of nitrogens with zero attached hydrogens (tertiary/aromatic N) is 1. The Kier molecular flexibility index (Phi) is 7.58. The Morgan fingerprint density at radius 2 is 1.89 bits per heavy atom. The van der Waals surface area contributed by atoms with Gasteiger partial charge in [0.1, 0.15) is 18.2 Å². The molecule has 0 saturated carbocycles. The fraction of sp³-hybridized carbons (Fsp3) is 0.200. The number of amides is 2. The molecule has 11 heteroatoms. The van der Waals surface area contributed by atoms with Gasteiger partial charge >= 0.3 is 0 Å². The van der Waals surface area contributed by atoms with E-state index < -0.39 is 15.8 Å². The lowest BCUT2D eigenvalue weighted by atomic mass is 10.1. The second-order valence-electron chi connectivity index (χ2n) is 8.23. The zero-order valence-corrected chi connectivity index (χ0v) is 20.6. The highest BCUT2D eigenvalue weighted by molar-refractivity contribution is 7.89. The molecule has 1 saturated heterocycles. The molecule has 36 heavy (non-hydrogen) atoms. The normalized spacial score (nSPS) is 13.6. The van der Waals surface area contributed by atoms with Gasteiger partial charge in [0.15, 0.2) is 0 Å². The van der Waals surface area contributed by atoms with Crippen LogP contribution in [-0.4, -0.2) is 26.8 Å². The summed E-state index contributed by atoms with van der Waals surface area (Å²) in [4.78, 5) is 25.6. The van der Waals surface area contributed by atoms with E-state index in [1.807, 2.05) is 0 Å². The van der Waals surface area contributed by atoms with Gasteiger partial charge in [-0.2, -0.15) is 0 Å². The summed E-state index contributed by atoms with van der Waals surface area (Å²) >= 11 is 6.09. The van der Waals surface area contributed by atoms with Gasteiger partial charge < -0.3 is 15.0 Å². The van der Waals surface area contributed by atoms with E-state index in [4.69, 9.17) is 21.5 Å². The van der Waals surface area contributed by atoms with E-state index in [1.54, 1.807) is 24.3 Å². The van der Waals surface area contributed by atoms with Crippen molar-refractivity contribution >= 4 is 44.8 Å². The smallest absolute Gasteiger partial charge is 0.238 e. The Morgan fingerprint density at radius 3 is 2.58 bits per heavy atom. The highest BCUT2D eigenvalue weighted by Gasteiger charge is 2.25. The van der Waals surface area contributed by atoms with Crippen molar-refractivity contribution in [3.05, 3.63) is 82.6 Å². The van der Waals surface area contributed by atoms with Crippen molar-refractivity contribution in [2.24, 2.45) is 5.14 Å². The summed E-state index contributed by atoms with van der Waals surface area (Å²) in [5.74, 6) is -0.860. The maximum Gasteiger partial charge on any atom is 0.238 e. The Balaban J connectivity index is 1.50. The van der Waals surface area contributed by atoms with Crippen LogP contribution in [-0.2, 0) is 32.6 Å². The van der Waals surface area contributed by atoms with Gasteiger partial charge in [-0.15, -0.1) is 0 Å². The molecule has 0 aromatic heterocycles. The fourth-order valence-corrected chi connectivity index (χ4v) is 4.88. The quantitative estimate of drug-likeness (QED) is 0.455. The second kappa shape index (κ2) is 10.7. The number of nitrogens with two attached hydrogens (primary N) is 1. The average Bonchev–Trinajstić information content (AvgIpc) is 3.25. The number of halogens is 2. The Labute approximate surface area is 212 Å². The van der Waals surface area contributed by atoms with Crippen LogP contribution in [0.2, 0.25) is 5.02 Å². The molecule has 1 aliphatic rings. The molecule has 0 aliphatic carbocycles. The van der Waals surface area contributed by atoms with E-state index in [2.05, 4.69) is 5.32 Å². The minimum Gasteiger partial charge on any atom is -0.489 e. The first-order valence-electron chi connectivity index (χ1n) is 11.0. The van der Waals surface area contributed by atoms with Crippen LogP contribution < -0.4 is 20.1 Å². The van der Waals surface area contributed by atoms with E-state index in [1.165, 1.54) is 41.3 Å². The van der Waals surface area contributed by atoms with Gasteiger partial charge in [0, 0.05) is 35.3 Å². The summed E-state index contributed by atoms with van der Waals surface area (Å²) in [7, 11) is -4.16. The molecule has 3 aromatic carbocycles. The third-order valence-corrected chi connectivity index (χ3v) is 7.00. The topological polar surface area (TPSA) is 119 Å². The highest BCUT2D eigenvalue weighted by Crippen LogP contribution is 2.30. The molecule has 4 rings (SSSR count). The summed E-state index contributed by atoms with van der Waals surface area (Å²) in [5.41, 5.74) is 1.21. The molecule has 1 aliphatic heterocycles. The monoisotopic (exact) mass is 531 g/mol. The molecule has 0 atom stereocenters. The number of hydrogen-bond donors (Lipinski definition) is 2. The standard InChI is InChI=1S/C25H23ClFN3O5S/c26-20-5-2-1-4-16(20)12-24(31)29-18-8-7-17(23(13-18)36(28,33)34)15-35-19-9-10-21(27)22(14-19)30-11-3-6-25(30)32/h1-2,4-5,7-10,13-14H,3,6,11-12,15H2,(H,29,31)(H2,28,33,34). The summed E-state index contributed by atoms with van der Waals surface area (Å²) in [5, 5.41) is 8.49. The van der Waals surface area contributed by atoms with Crippen molar-refractivity contribution in [2.45, 2.75) is 30.8 Å². The van der Waals surface area contributed by atoms with E-state index >= 15 is 0 Å². The zero-order chi connectivity index (χ0) is 25.9. The van der Waals surface area contributed by atoms with Crippen molar-refractivity contribution in [3.8, 4) is 5.75 Å². The van der Waals surface area contributed by atoms with E-state index in [0.717, 1.165) is 0 Å². The molecular formula is C25H23ClFN3O5S. The number of primary sulfonamides is 1. The van der Waals surface area contributed by atoms with Gasteiger partial charge in [0.2, 0.25) is 21.8 Å². The van der Waals surface area contributed by atoms with Gasteiger partial charge in [-0.1, -0.05) is 35.9 Å². The van der Waals surface area contributed by atoms with Crippen LogP contribution in [0.5, 0.6) is 5.75 Å². The van der Waals surface area contributed by atoms with Gasteiger partial charge in [-0.05, 0) is 42.3 Å². The van der Waals surface area contributed by atoms with Crippen molar-refractivity contribution in [3.63, 3.8) is 0 Å². The molecule has 0 spiro atoms. The van der Waals surface area contributed by atoms with E-state index in [-0.39, 0.29) is 52.4 Å². The molecule has 3 N–H and O–H groups in total. The molecule has 3 aromatic rings. The first-order chi connectivity index (χ1) is 17.1. The van der Waals surface area contributed by atoms with Crippen LogP contribution in [0.1, 0.15) is 24.0 Å². The summed E-state index contributed by atoms with van der Waals surface area (Å²) in [6, 6.07) is 15.1. The van der Waals surface area contributed by atoms with Gasteiger partial charge in [-0.3, -0.25) is 9.59 Å². The molecule has 188 valence electrons. The van der Waals surface area contributed by atoms with Crippen LogP contribution in [0.15, 0.2) is 65.6 Å². The van der Waals surface area contributed by atoms with Crippen molar-refractivity contribution in [1.29, 1.82) is 0 Å². The third kappa shape index (κ3) is 6.01. The SMILES string of the molecule is NS(=O)(=O)c1cc(NC(=O)Cc2ccccc2Cl)ccc1COc1ccc(F)c(N2CCCC2=O)c1. The lowest BCUT2D eigenvalue weighted by molar-refractivity contribution is -0.117. The maximum atomic E-state index is 14.3.